The van der Waals surface area contributed by atoms with E-state index in [4.69, 9.17) is 10.8 Å². The van der Waals surface area contributed by atoms with Gasteiger partial charge in [-0.2, -0.15) is 0 Å². The summed E-state index contributed by atoms with van der Waals surface area (Å²) in [6, 6.07) is 5.94. The fraction of sp³-hybridized carbons (Fsp3) is 0.500. The van der Waals surface area contributed by atoms with E-state index in [9.17, 15) is 24.0 Å². The Morgan fingerprint density at radius 2 is 1.81 bits per heavy atom. The van der Waals surface area contributed by atoms with Crippen molar-refractivity contribution in [1.82, 2.24) is 15.1 Å². The van der Waals surface area contributed by atoms with Gasteiger partial charge in [-0.25, -0.2) is 9.59 Å². The molecule has 5 amide bonds. The molecule has 0 aliphatic carbocycles. The first-order valence-corrected chi connectivity index (χ1v) is 10.8. The van der Waals surface area contributed by atoms with Crippen LogP contribution in [0.3, 0.4) is 0 Å². The number of urea groups is 1. The molecule has 4 N–H and O–H groups in total. The molecule has 3 rings (SSSR count). The number of hydrogen-bond donors (Lipinski definition) is 3. The van der Waals surface area contributed by atoms with E-state index in [1.165, 1.54) is 4.90 Å². The van der Waals surface area contributed by atoms with Gasteiger partial charge in [0.2, 0.25) is 11.8 Å². The number of nitrogens with two attached hydrogens (primary N) is 1. The highest BCUT2D eigenvalue weighted by Crippen LogP contribution is 2.30. The normalized spacial score (nSPS) is 18.2. The summed E-state index contributed by atoms with van der Waals surface area (Å²) in [5, 5.41) is 11.5. The highest BCUT2D eigenvalue weighted by atomic mass is 16.4. The Kier molecular flexibility index (Phi) is 7.45. The van der Waals surface area contributed by atoms with Crippen molar-refractivity contribution in [3.63, 3.8) is 0 Å². The number of nitrogens with zero attached hydrogens (tertiary/aromatic N) is 2. The Balaban J connectivity index is 1.40. The van der Waals surface area contributed by atoms with E-state index in [0.29, 0.717) is 38.8 Å². The molecule has 0 aromatic heterocycles. The molecule has 0 radical (unpaired) electrons. The molecule has 10 nitrogen and oxygen atoms in total. The summed E-state index contributed by atoms with van der Waals surface area (Å²) in [6.07, 6.45) is 2.11. The van der Waals surface area contributed by atoms with Crippen LogP contribution in [0.15, 0.2) is 24.3 Å². The average Bonchev–Trinajstić information content (AvgIpc) is 2.98. The van der Waals surface area contributed by atoms with Gasteiger partial charge in [0.1, 0.15) is 12.1 Å². The molecule has 1 saturated heterocycles. The summed E-state index contributed by atoms with van der Waals surface area (Å²) in [4.78, 5) is 62.3. The summed E-state index contributed by atoms with van der Waals surface area (Å²) in [6.45, 7) is 0.724. The number of aliphatic carboxylic acids is 1. The van der Waals surface area contributed by atoms with Crippen LogP contribution in [-0.2, 0) is 32.1 Å². The second kappa shape index (κ2) is 10.3. The minimum atomic E-state index is -1.22. The van der Waals surface area contributed by atoms with Crippen LogP contribution in [-0.4, -0.2) is 63.3 Å². The number of benzene rings is 1. The lowest BCUT2D eigenvalue weighted by Gasteiger charge is -2.28. The van der Waals surface area contributed by atoms with Crippen LogP contribution in [0, 0.1) is 0 Å². The molecule has 0 spiro atoms. The zero-order valence-corrected chi connectivity index (χ0v) is 17.8. The number of unbranched alkanes of at least 4 members (excludes halogenated alkanes) is 2. The third-order valence-electron chi connectivity index (χ3n) is 5.87. The molecular formula is C22H28N4O6. The zero-order chi connectivity index (χ0) is 23.3. The van der Waals surface area contributed by atoms with Gasteiger partial charge in [-0.15, -0.1) is 0 Å². The Labute approximate surface area is 185 Å². The van der Waals surface area contributed by atoms with Gasteiger partial charge in [0, 0.05) is 32.4 Å². The summed E-state index contributed by atoms with van der Waals surface area (Å²) < 4.78 is 0. The third-order valence-corrected chi connectivity index (χ3v) is 5.87. The monoisotopic (exact) mass is 444 g/mol. The van der Waals surface area contributed by atoms with Gasteiger partial charge in [0.15, 0.2) is 0 Å². The van der Waals surface area contributed by atoms with Crippen molar-refractivity contribution in [2.45, 2.75) is 63.6 Å². The lowest BCUT2D eigenvalue weighted by atomic mass is 9.95. The molecule has 172 valence electrons. The molecule has 0 saturated carbocycles. The van der Waals surface area contributed by atoms with Crippen molar-refractivity contribution in [2.75, 3.05) is 6.54 Å². The zero-order valence-electron chi connectivity index (χ0n) is 17.8. The predicted octanol–water partition coefficient (Wildman–Crippen LogP) is 0.771. The van der Waals surface area contributed by atoms with Crippen LogP contribution in [0.1, 0.15) is 49.7 Å². The maximum absolute atomic E-state index is 12.7. The molecule has 2 aliphatic heterocycles. The van der Waals surface area contributed by atoms with Crippen LogP contribution in [0.25, 0.3) is 0 Å². The second-order valence-electron chi connectivity index (χ2n) is 8.16. The third kappa shape index (κ3) is 5.43. The van der Waals surface area contributed by atoms with Gasteiger partial charge in [-0.3, -0.25) is 19.3 Å². The number of carbonyl (C=O) groups excluding carboxylic acids is 4. The number of nitrogens with one attached hydrogen (secondary N) is 1. The molecule has 1 fully saturated rings. The van der Waals surface area contributed by atoms with Crippen molar-refractivity contribution < 1.29 is 29.1 Å². The van der Waals surface area contributed by atoms with E-state index in [2.05, 4.69) is 5.32 Å². The van der Waals surface area contributed by atoms with Crippen molar-refractivity contribution in [3.05, 3.63) is 35.4 Å². The van der Waals surface area contributed by atoms with E-state index in [1.807, 2.05) is 24.3 Å². The predicted molar refractivity (Wildman–Crippen MR) is 113 cm³/mol. The number of rotatable bonds is 11. The first-order chi connectivity index (χ1) is 15.3. The second-order valence-corrected chi connectivity index (χ2v) is 8.16. The topological polar surface area (TPSA) is 150 Å². The highest BCUT2D eigenvalue weighted by Gasteiger charge is 2.46. The highest BCUT2D eigenvalue weighted by molar-refractivity contribution is 6.04. The van der Waals surface area contributed by atoms with E-state index in [-0.39, 0.29) is 31.2 Å². The van der Waals surface area contributed by atoms with Gasteiger partial charge in [-0.1, -0.05) is 30.7 Å². The van der Waals surface area contributed by atoms with E-state index >= 15 is 0 Å². The van der Waals surface area contributed by atoms with Gasteiger partial charge in [0.05, 0.1) is 0 Å². The molecule has 1 aromatic carbocycles. The van der Waals surface area contributed by atoms with Crippen molar-refractivity contribution >= 4 is 29.7 Å². The molecule has 2 atom stereocenters. The first kappa shape index (κ1) is 23.2. The Bertz CT molecular complexity index is 874. The number of primary amides is 1. The minimum absolute atomic E-state index is 0.0584. The number of hydrogen-bond acceptors (Lipinski definition) is 5. The van der Waals surface area contributed by atoms with Crippen molar-refractivity contribution in [2.24, 2.45) is 5.73 Å². The molecule has 1 aromatic rings. The summed E-state index contributed by atoms with van der Waals surface area (Å²) in [5.74, 6) is -2.45. The number of carboxylic acid groups (broad SMARTS) is 1. The largest absolute Gasteiger partial charge is 0.480 e. The molecule has 0 unspecified atom stereocenters. The summed E-state index contributed by atoms with van der Waals surface area (Å²) in [7, 11) is 0. The van der Waals surface area contributed by atoms with Crippen LogP contribution in [0.4, 0.5) is 4.79 Å². The van der Waals surface area contributed by atoms with Crippen LogP contribution in [0.2, 0.25) is 0 Å². The molecule has 10 heteroatoms. The van der Waals surface area contributed by atoms with E-state index < -0.39 is 29.9 Å². The molecule has 0 bridgehead atoms. The fourth-order valence-corrected chi connectivity index (χ4v) is 4.12. The lowest BCUT2D eigenvalue weighted by Crippen LogP contribution is -2.41. The minimum Gasteiger partial charge on any atom is -0.480 e. The van der Waals surface area contributed by atoms with Crippen LogP contribution >= 0.6 is 0 Å². The maximum Gasteiger partial charge on any atom is 0.327 e. The Hall–Kier alpha value is -3.43. The lowest BCUT2D eigenvalue weighted by molar-refractivity contribution is -0.142. The summed E-state index contributed by atoms with van der Waals surface area (Å²) >= 11 is 0. The van der Waals surface area contributed by atoms with E-state index in [0.717, 1.165) is 11.1 Å². The Morgan fingerprint density at radius 3 is 2.50 bits per heavy atom. The van der Waals surface area contributed by atoms with Crippen molar-refractivity contribution in [1.29, 1.82) is 0 Å². The average molecular weight is 444 g/mol. The van der Waals surface area contributed by atoms with Gasteiger partial charge in [0.25, 0.3) is 5.91 Å². The maximum atomic E-state index is 12.7. The van der Waals surface area contributed by atoms with E-state index in [1.54, 1.807) is 4.90 Å². The number of imide groups is 1. The van der Waals surface area contributed by atoms with Gasteiger partial charge >= 0.3 is 12.0 Å². The van der Waals surface area contributed by atoms with Crippen molar-refractivity contribution in [3.8, 4) is 0 Å². The molecule has 2 heterocycles. The number of amides is 5. The number of carbonyl (C=O) groups is 5. The van der Waals surface area contributed by atoms with Crippen LogP contribution in [0.5, 0.6) is 0 Å². The smallest absolute Gasteiger partial charge is 0.327 e. The quantitative estimate of drug-likeness (QED) is 0.339. The Morgan fingerprint density at radius 1 is 1.09 bits per heavy atom. The van der Waals surface area contributed by atoms with Gasteiger partial charge < -0.3 is 21.1 Å². The summed E-state index contributed by atoms with van der Waals surface area (Å²) in [5.41, 5.74) is 7.18. The SMILES string of the molecule is NC(=O)CC[C@H](NC(=O)CCCCCN1C(=O)[C@H]2Cc3ccccc3CN2C1=O)C(=O)O. The number of carboxylic acids is 1. The van der Waals surface area contributed by atoms with Gasteiger partial charge in [-0.05, 0) is 30.4 Å². The van der Waals surface area contributed by atoms with Crippen LogP contribution < -0.4 is 11.1 Å². The first-order valence-electron chi connectivity index (χ1n) is 10.8. The fourth-order valence-electron chi connectivity index (χ4n) is 4.12. The molecule has 32 heavy (non-hydrogen) atoms. The molecular weight excluding hydrogens is 416 g/mol. The molecule has 2 aliphatic rings. The number of fused-ring (bicyclic) bond motifs is 2. The standard InChI is InChI=1S/C22H28N4O6/c23-18(27)10-9-16(21(30)31)24-19(28)8-2-1-5-11-25-20(29)17-12-14-6-3-4-7-15(14)13-26(17)22(25)32/h3-4,6-7,16-17H,1-2,5,8-13H2,(H2,23,27)(H,24,28)(H,30,31)/t16-,17+/m0/s1.